The lowest BCUT2D eigenvalue weighted by Gasteiger charge is -2.39. The lowest BCUT2D eigenvalue weighted by molar-refractivity contribution is 0.0732. The fourth-order valence-electron chi connectivity index (χ4n) is 3.91. The summed E-state index contributed by atoms with van der Waals surface area (Å²) in [4.78, 5) is 16.8. The number of carbonyl (C=O) groups excluding carboxylic acids is 1. The highest BCUT2D eigenvalue weighted by Gasteiger charge is 2.29. The van der Waals surface area contributed by atoms with E-state index in [4.69, 9.17) is 11.6 Å². The molecule has 5 rings (SSSR count). The molecule has 0 fully saturated rings. The van der Waals surface area contributed by atoms with E-state index in [1.807, 2.05) is 36.3 Å². The molecule has 30 heavy (non-hydrogen) atoms. The van der Waals surface area contributed by atoms with Gasteiger partial charge in [0.2, 0.25) is 5.95 Å². The number of anilines is 1. The number of fused-ring (bicyclic) bond motifs is 2. The quantitative estimate of drug-likeness (QED) is 0.454. The van der Waals surface area contributed by atoms with Gasteiger partial charge in [0.1, 0.15) is 0 Å². The van der Waals surface area contributed by atoms with Crippen LogP contribution in [0, 0.1) is 5.95 Å². The van der Waals surface area contributed by atoms with E-state index in [0.29, 0.717) is 23.7 Å². The molecule has 0 radical (unpaired) electrons. The van der Waals surface area contributed by atoms with Crippen LogP contribution in [-0.4, -0.2) is 39.1 Å². The first-order valence-electron chi connectivity index (χ1n) is 9.45. The number of amides is 1. The van der Waals surface area contributed by atoms with Gasteiger partial charge in [0.05, 0.1) is 16.2 Å². The summed E-state index contributed by atoms with van der Waals surface area (Å²) in [6.07, 6.45) is 3.77. The van der Waals surface area contributed by atoms with Crippen molar-refractivity contribution in [2.45, 2.75) is 6.42 Å². The Morgan fingerprint density at radius 1 is 1.17 bits per heavy atom. The maximum atomic E-state index is 13.6. The minimum Gasteiger partial charge on any atom is -0.285 e. The van der Waals surface area contributed by atoms with Crippen molar-refractivity contribution in [2.24, 2.45) is 0 Å². The van der Waals surface area contributed by atoms with Gasteiger partial charge in [-0.3, -0.25) is 9.80 Å². The highest BCUT2D eigenvalue weighted by Crippen LogP contribution is 2.35. The first-order chi connectivity index (χ1) is 14.5. The summed E-state index contributed by atoms with van der Waals surface area (Å²) in [6, 6.07) is 14.4. The number of benzene rings is 1. The minimum absolute atomic E-state index is 0.191. The van der Waals surface area contributed by atoms with Crippen LogP contribution in [0.25, 0.3) is 16.6 Å². The first-order valence-corrected chi connectivity index (χ1v) is 9.83. The van der Waals surface area contributed by atoms with Gasteiger partial charge < -0.3 is 0 Å². The lowest BCUT2D eigenvalue weighted by atomic mass is 9.95. The Labute approximate surface area is 177 Å². The van der Waals surface area contributed by atoms with Crippen molar-refractivity contribution < 1.29 is 9.18 Å². The molecular weight excluding hydrogens is 405 g/mol. The number of rotatable bonds is 2. The number of aromatic nitrogens is 3. The van der Waals surface area contributed by atoms with Gasteiger partial charge in [-0.2, -0.15) is 9.49 Å². The zero-order valence-corrected chi connectivity index (χ0v) is 16.8. The summed E-state index contributed by atoms with van der Waals surface area (Å²) in [5.74, 6) is -0.707. The molecule has 1 amide bonds. The number of hydrogen-bond donors (Lipinski definition) is 0. The smallest absolute Gasteiger partial charge is 0.285 e. The monoisotopic (exact) mass is 421 g/mol. The van der Waals surface area contributed by atoms with E-state index in [0.717, 1.165) is 27.9 Å². The van der Waals surface area contributed by atoms with Crippen LogP contribution in [0.5, 0.6) is 0 Å². The summed E-state index contributed by atoms with van der Waals surface area (Å²) < 4.78 is 15.2. The molecule has 0 aliphatic carbocycles. The highest BCUT2D eigenvalue weighted by atomic mass is 35.5. The summed E-state index contributed by atoms with van der Waals surface area (Å²) >= 11 is 6.02. The Morgan fingerprint density at radius 3 is 2.87 bits per heavy atom. The van der Waals surface area contributed by atoms with Gasteiger partial charge in [0, 0.05) is 32.1 Å². The Kier molecular flexibility index (Phi) is 4.40. The fraction of sp³-hybridized carbons (Fsp3) is 0.136. The van der Waals surface area contributed by atoms with Crippen LogP contribution < -0.4 is 5.01 Å². The van der Waals surface area contributed by atoms with Crippen LogP contribution in [0.3, 0.4) is 0 Å². The van der Waals surface area contributed by atoms with Gasteiger partial charge in [-0.15, -0.1) is 0 Å². The van der Waals surface area contributed by atoms with E-state index >= 15 is 0 Å². The molecule has 0 saturated carbocycles. The molecule has 0 spiro atoms. The average Bonchev–Trinajstić information content (AvgIpc) is 3.16. The number of pyridine rings is 2. The molecule has 150 valence electrons. The van der Waals surface area contributed by atoms with Crippen molar-refractivity contribution in [1.82, 2.24) is 19.6 Å². The van der Waals surface area contributed by atoms with Crippen molar-refractivity contribution in [2.75, 3.05) is 18.6 Å². The van der Waals surface area contributed by atoms with Crippen LogP contribution in [0.15, 0.2) is 60.9 Å². The highest BCUT2D eigenvalue weighted by molar-refractivity contribution is 6.30. The van der Waals surface area contributed by atoms with Gasteiger partial charge in [-0.05, 0) is 53.4 Å². The number of hydrazine groups is 1. The van der Waals surface area contributed by atoms with Crippen LogP contribution in [0.1, 0.15) is 16.1 Å². The molecule has 1 aromatic carbocycles. The molecule has 3 aromatic heterocycles. The molecule has 1 aliphatic rings. The Morgan fingerprint density at radius 2 is 2.03 bits per heavy atom. The maximum Gasteiger partial charge on any atom is 0.292 e. The van der Waals surface area contributed by atoms with Gasteiger partial charge in [-0.25, -0.2) is 14.5 Å². The third-order valence-electron chi connectivity index (χ3n) is 5.35. The number of nitrogens with zero attached hydrogens (tertiary/aromatic N) is 5. The number of halogens is 2. The SMILES string of the molecule is CN1c2cccc(-c3ccnc(F)c3)c2CCN1C(=O)c1cc2ccc(Cl)cn2n1. The maximum absolute atomic E-state index is 13.6. The molecule has 0 bridgehead atoms. The molecule has 0 unspecified atom stereocenters. The van der Waals surface area contributed by atoms with Gasteiger partial charge in [0.25, 0.3) is 5.91 Å². The summed E-state index contributed by atoms with van der Waals surface area (Å²) in [5.41, 5.74) is 4.82. The number of hydrogen-bond acceptors (Lipinski definition) is 4. The van der Waals surface area contributed by atoms with Crippen molar-refractivity contribution in [3.63, 3.8) is 0 Å². The Hall–Kier alpha value is -3.45. The molecular formula is C22H17ClFN5O. The second-order valence-electron chi connectivity index (χ2n) is 7.12. The molecule has 4 aromatic rings. The first kappa shape index (κ1) is 18.6. The van der Waals surface area contributed by atoms with Crippen molar-refractivity contribution in [1.29, 1.82) is 0 Å². The summed E-state index contributed by atoms with van der Waals surface area (Å²) in [5, 5.41) is 8.43. The van der Waals surface area contributed by atoms with Crippen molar-refractivity contribution in [3.05, 3.63) is 83.2 Å². The minimum atomic E-state index is -0.516. The van der Waals surface area contributed by atoms with E-state index in [1.54, 1.807) is 33.9 Å². The van der Waals surface area contributed by atoms with E-state index in [9.17, 15) is 9.18 Å². The lowest BCUT2D eigenvalue weighted by Crippen LogP contribution is -2.48. The Bertz CT molecular complexity index is 1290. The predicted octanol–water partition coefficient (Wildman–Crippen LogP) is 4.24. The van der Waals surface area contributed by atoms with E-state index in [-0.39, 0.29) is 5.91 Å². The molecule has 1 aliphatic heterocycles. The molecule has 6 nitrogen and oxygen atoms in total. The molecule has 8 heteroatoms. The normalized spacial score (nSPS) is 13.6. The molecule has 0 N–H and O–H groups in total. The van der Waals surface area contributed by atoms with E-state index < -0.39 is 5.95 Å². The second kappa shape index (κ2) is 7.11. The van der Waals surface area contributed by atoms with Gasteiger partial charge >= 0.3 is 0 Å². The van der Waals surface area contributed by atoms with Crippen LogP contribution in [0.2, 0.25) is 5.02 Å². The van der Waals surface area contributed by atoms with Crippen molar-refractivity contribution >= 4 is 28.7 Å². The average molecular weight is 422 g/mol. The van der Waals surface area contributed by atoms with Crippen LogP contribution >= 0.6 is 11.6 Å². The summed E-state index contributed by atoms with van der Waals surface area (Å²) in [7, 11) is 1.85. The third kappa shape index (κ3) is 3.07. The third-order valence-corrected chi connectivity index (χ3v) is 5.57. The second-order valence-corrected chi connectivity index (χ2v) is 7.56. The standard InChI is InChI=1S/C22H17ClFN5O/c1-27-20-4-2-3-17(14-7-9-25-21(24)11-14)18(20)8-10-29(27)22(30)19-12-16-6-5-15(23)13-28(16)26-19/h2-7,9,11-13H,8,10H2,1H3. The van der Waals surface area contributed by atoms with Gasteiger partial charge in [-0.1, -0.05) is 23.7 Å². The molecule has 0 saturated heterocycles. The van der Waals surface area contributed by atoms with Gasteiger partial charge in [0.15, 0.2) is 5.69 Å². The zero-order chi connectivity index (χ0) is 20.8. The molecule has 0 atom stereocenters. The molecule has 4 heterocycles. The van der Waals surface area contributed by atoms with E-state index in [1.165, 1.54) is 12.3 Å². The van der Waals surface area contributed by atoms with Crippen LogP contribution in [-0.2, 0) is 6.42 Å². The number of carbonyl (C=O) groups is 1. The fourth-order valence-corrected chi connectivity index (χ4v) is 4.07. The zero-order valence-electron chi connectivity index (χ0n) is 16.1. The van der Waals surface area contributed by atoms with Crippen molar-refractivity contribution in [3.8, 4) is 11.1 Å². The van der Waals surface area contributed by atoms with Crippen LogP contribution in [0.4, 0.5) is 10.1 Å². The predicted molar refractivity (Wildman–Crippen MR) is 113 cm³/mol. The Balaban J connectivity index is 1.49. The largest absolute Gasteiger partial charge is 0.292 e. The topological polar surface area (TPSA) is 53.7 Å². The summed E-state index contributed by atoms with van der Waals surface area (Å²) in [6.45, 7) is 0.488. The van der Waals surface area contributed by atoms with E-state index in [2.05, 4.69) is 10.1 Å².